The van der Waals surface area contributed by atoms with Crippen LogP contribution in [0, 0.1) is 29.0 Å². The standard InChI is InChI=1S/C28H39FN4O3/c1-28(2,3)36-27(35)33-23-9-7-21(16-23)26(33)25(34)15-19(18-30)14-20-6-8-22(17-24(20)29)32-11-5-10-31(4)12-13-32/h6,8,17,19,21,23,26H,5,7,9-16H2,1-4H3/t19-,21+,23-,26+/m1/s1. The minimum atomic E-state index is -0.649. The fourth-order valence-corrected chi connectivity index (χ4v) is 5.98. The number of benzene rings is 1. The number of fused-ring (bicyclic) bond motifs is 2. The summed E-state index contributed by atoms with van der Waals surface area (Å²) in [5.41, 5.74) is 0.655. The maximum Gasteiger partial charge on any atom is 0.411 e. The quantitative estimate of drug-likeness (QED) is 0.579. The molecule has 0 radical (unpaired) electrons. The van der Waals surface area contributed by atoms with E-state index in [1.165, 1.54) is 0 Å². The van der Waals surface area contributed by atoms with Gasteiger partial charge in [-0.1, -0.05) is 6.07 Å². The number of piperidine rings is 1. The molecule has 2 bridgehead atoms. The van der Waals surface area contributed by atoms with Crippen LogP contribution in [0.2, 0.25) is 0 Å². The number of amides is 1. The summed E-state index contributed by atoms with van der Waals surface area (Å²) in [6, 6.07) is 6.89. The molecule has 4 rings (SSSR count). The molecule has 2 heterocycles. The highest BCUT2D eigenvalue weighted by Gasteiger charge is 2.52. The number of carbonyl (C=O) groups excluding carboxylic acids is 2. The maximum atomic E-state index is 15.1. The average Bonchev–Trinajstić information content (AvgIpc) is 3.36. The Morgan fingerprint density at radius 1 is 1.19 bits per heavy atom. The summed E-state index contributed by atoms with van der Waals surface area (Å²) in [5, 5.41) is 9.80. The van der Waals surface area contributed by atoms with Crippen molar-refractivity contribution in [3.8, 4) is 6.07 Å². The van der Waals surface area contributed by atoms with E-state index < -0.39 is 23.7 Å². The lowest BCUT2D eigenvalue weighted by molar-refractivity contribution is -0.126. The second kappa shape index (κ2) is 10.8. The number of likely N-dealkylation sites (tertiary alicyclic amines) is 1. The van der Waals surface area contributed by atoms with Crippen LogP contribution in [0.3, 0.4) is 0 Å². The normalized spacial score (nSPS) is 25.4. The van der Waals surface area contributed by atoms with Crippen molar-refractivity contribution in [3.63, 3.8) is 0 Å². The van der Waals surface area contributed by atoms with Crippen molar-refractivity contribution in [1.29, 1.82) is 5.26 Å². The zero-order chi connectivity index (χ0) is 26.0. The van der Waals surface area contributed by atoms with Crippen LogP contribution in [-0.4, -0.2) is 72.6 Å². The molecular weight excluding hydrogens is 459 g/mol. The lowest BCUT2D eigenvalue weighted by Gasteiger charge is -2.35. The van der Waals surface area contributed by atoms with Crippen LogP contribution in [-0.2, 0) is 16.0 Å². The van der Waals surface area contributed by atoms with Crippen molar-refractivity contribution >= 4 is 17.6 Å². The van der Waals surface area contributed by atoms with Gasteiger partial charge in [0.05, 0.1) is 18.0 Å². The fourth-order valence-electron chi connectivity index (χ4n) is 5.98. The summed E-state index contributed by atoms with van der Waals surface area (Å²) < 4.78 is 20.7. The first-order valence-electron chi connectivity index (χ1n) is 13.2. The van der Waals surface area contributed by atoms with Gasteiger partial charge in [0.25, 0.3) is 0 Å². The Morgan fingerprint density at radius 2 is 1.97 bits per heavy atom. The Labute approximate surface area is 214 Å². The Bertz CT molecular complexity index is 1020. The summed E-state index contributed by atoms with van der Waals surface area (Å²) in [5.74, 6) is -0.999. The lowest BCUT2D eigenvalue weighted by atomic mass is 9.88. The highest BCUT2D eigenvalue weighted by atomic mass is 19.1. The van der Waals surface area contributed by atoms with E-state index in [9.17, 15) is 14.9 Å². The number of hydrogen-bond donors (Lipinski definition) is 0. The van der Waals surface area contributed by atoms with E-state index in [2.05, 4.69) is 22.9 Å². The highest BCUT2D eigenvalue weighted by molar-refractivity contribution is 5.89. The molecule has 1 amide bonds. The van der Waals surface area contributed by atoms with Gasteiger partial charge >= 0.3 is 6.09 Å². The molecule has 7 nitrogen and oxygen atoms in total. The van der Waals surface area contributed by atoms with Gasteiger partial charge in [0.1, 0.15) is 11.4 Å². The Morgan fingerprint density at radius 3 is 2.67 bits per heavy atom. The number of hydrogen-bond acceptors (Lipinski definition) is 6. The van der Waals surface area contributed by atoms with Gasteiger partial charge in [-0.15, -0.1) is 0 Å². The molecule has 0 aromatic heterocycles. The smallest absolute Gasteiger partial charge is 0.411 e. The first-order valence-corrected chi connectivity index (χ1v) is 13.2. The van der Waals surface area contributed by atoms with Gasteiger partial charge in [-0.05, 0) is 90.1 Å². The molecule has 2 aliphatic heterocycles. The SMILES string of the molecule is CN1CCCN(c2ccc(C[C@@H](C#N)CC(=O)[C@@H]3[C@H]4CC[C@H](C4)N3C(=O)OC(C)(C)C)c(F)c2)CC1. The first kappa shape index (κ1) is 26.4. The number of nitrogens with zero attached hydrogens (tertiary/aromatic N) is 4. The van der Waals surface area contributed by atoms with Crippen molar-refractivity contribution < 1.29 is 18.7 Å². The summed E-state index contributed by atoms with van der Waals surface area (Å²) in [4.78, 5) is 32.4. The van der Waals surface area contributed by atoms with Crippen LogP contribution >= 0.6 is 0 Å². The van der Waals surface area contributed by atoms with E-state index in [0.717, 1.165) is 57.5 Å². The van der Waals surface area contributed by atoms with Crippen LogP contribution in [0.15, 0.2) is 18.2 Å². The third kappa shape index (κ3) is 6.00. The molecule has 3 fully saturated rings. The van der Waals surface area contributed by atoms with Crippen LogP contribution in [0.25, 0.3) is 0 Å². The van der Waals surface area contributed by atoms with Crippen molar-refractivity contribution in [2.75, 3.05) is 38.1 Å². The summed E-state index contributed by atoms with van der Waals surface area (Å²) >= 11 is 0. The van der Waals surface area contributed by atoms with Crippen molar-refractivity contribution in [2.45, 2.75) is 77.0 Å². The van der Waals surface area contributed by atoms with Gasteiger partial charge in [-0.25, -0.2) is 9.18 Å². The third-order valence-electron chi connectivity index (χ3n) is 7.74. The molecule has 8 heteroatoms. The monoisotopic (exact) mass is 498 g/mol. The molecule has 1 aromatic carbocycles. The number of ketones is 1. The van der Waals surface area contributed by atoms with Gasteiger partial charge in [-0.2, -0.15) is 5.26 Å². The van der Waals surface area contributed by atoms with E-state index in [1.807, 2.05) is 26.8 Å². The summed E-state index contributed by atoms with van der Waals surface area (Å²) in [6.07, 6.45) is 3.33. The minimum absolute atomic E-state index is 0.00331. The second-order valence-electron chi connectivity index (χ2n) is 11.7. The van der Waals surface area contributed by atoms with E-state index in [4.69, 9.17) is 4.74 Å². The molecule has 4 atom stereocenters. The molecule has 196 valence electrons. The molecule has 0 N–H and O–H groups in total. The van der Waals surface area contributed by atoms with E-state index in [-0.39, 0.29) is 36.4 Å². The molecule has 1 saturated carbocycles. The highest BCUT2D eigenvalue weighted by Crippen LogP contribution is 2.44. The van der Waals surface area contributed by atoms with Crippen LogP contribution in [0.5, 0.6) is 0 Å². The summed E-state index contributed by atoms with van der Waals surface area (Å²) in [7, 11) is 2.10. The number of nitriles is 1. The molecule has 0 unspecified atom stereocenters. The van der Waals surface area contributed by atoms with Crippen molar-refractivity contribution in [3.05, 3.63) is 29.6 Å². The average molecular weight is 499 g/mol. The maximum absolute atomic E-state index is 15.1. The number of halogens is 1. The lowest BCUT2D eigenvalue weighted by Crippen LogP contribution is -2.51. The molecule has 1 aromatic rings. The third-order valence-corrected chi connectivity index (χ3v) is 7.74. The molecule has 1 aliphatic carbocycles. The van der Waals surface area contributed by atoms with Gasteiger partial charge in [0.15, 0.2) is 5.78 Å². The van der Waals surface area contributed by atoms with E-state index in [1.54, 1.807) is 17.0 Å². The molecular formula is C28H39FN4O3. The predicted octanol–water partition coefficient (Wildman–Crippen LogP) is 4.40. The number of likely N-dealkylation sites (N-methyl/N-ethyl adjacent to an activating group) is 1. The topological polar surface area (TPSA) is 76.9 Å². The number of rotatable bonds is 6. The van der Waals surface area contributed by atoms with Gasteiger partial charge in [0, 0.05) is 37.8 Å². The van der Waals surface area contributed by atoms with Gasteiger partial charge < -0.3 is 14.5 Å². The van der Waals surface area contributed by atoms with Crippen molar-refractivity contribution in [2.24, 2.45) is 11.8 Å². The van der Waals surface area contributed by atoms with Crippen molar-refractivity contribution in [1.82, 2.24) is 9.80 Å². The Hall–Kier alpha value is -2.66. The predicted molar refractivity (Wildman–Crippen MR) is 136 cm³/mol. The van der Waals surface area contributed by atoms with E-state index in [0.29, 0.717) is 5.56 Å². The first-order chi connectivity index (χ1) is 17.1. The largest absolute Gasteiger partial charge is 0.444 e. The minimum Gasteiger partial charge on any atom is -0.444 e. The second-order valence-corrected chi connectivity index (χ2v) is 11.7. The summed E-state index contributed by atoms with van der Waals surface area (Å²) in [6.45, 7) is 9.14. The van der Waals surface area contributed by atoms with Crippen LogP contribution in [0.4, 0.5) is 14.9 Å². The molecule has 2 saturated heterocycles. The molecule has 3 aliphatic rings. The van der Waals surface area contributed by atoms with Gasteiger partial charge in [0.2, 0.25) is 0 Å². The van der Waals surface area contributed by atoms with Crippen LogP contribution < -0.4 is 4.90 Å². The number of carbonyl (C=O) groups is 2. The number of anilines is 1. The van der Waals surface area contributed by atoms with Gasteiger partial charge in [-0.3, -0.25) is 9.69 Å². The Balaban J connectivity index is 1.41. The fraction of sp³-hybridized carbons (Fsp3) is 0.679. The molecule has 36 heavy (non-hydrogen) atoms. The zero-order valence-corrected chi connectivity index (χ0v) is 22.0. The zero-order valence-electron chi connectivity index (χ0n) is 22.0. The Kier molecular flexibility index (Phi) is 7.89. The van der Waals surface area contributed by atoms with Crippen LogP contribution in [0.1, 0.15) is 58.4 Å². The molecule has 0 spiro atoms. The van der Waals surface area contributed by atoms with E-state index >= 15 is 4.39 Å². The number of Topliss-reactive ketones (excluding diaryl/α,β-unsaturated/α-hetero) is 1. The number of ether oxygens (including phenoxy) is 1.